The summed E-state index contributed by atoms with van der Waals surface area (Å²) in [6.07, 6.45) is 0. The molecule has 7 aromatic carbocycles. The molecule has 0 fully saturated rings. The molecular weight excluding hydrogens is 741 g/mol. The maximum Gasteiger partial charge on any atom is 0.0775 e. The molecule has 0 N–H and O–H groups in total. The first kappa shape index (κ1) is 39.8. The van der Waals surface area contributed by atoms with E-state index in [0.717, 1.165) is 0 Å². The van der Waals surface area contributed by atoms with E-state index in [2.05, 4.69) is 234 Å². The summed E-state index contributed by atoms with van der Waals surface area (Å²) in [7, 11) is -5.97. The van der Waals surface area contributed by atoms with E-state index in [-0.39, 0.29) is 0 Å². The molecule has 0 spiro atoms. The van der Waals surface area contributed by atoms with Crippen LogP contribution < -0.4 is 30.5 Å². The van der Waals surface area contributed by atoms with Crippen LogP contribution in [0.3, 0.4) is 0 Å². The normalized spacial score (nSPS) is 12.6. The molecule has 0 aliphatic heterocycles. The Hall–Kier alpha value is -4.47. The van der Waals surface area contributed by atoms with Gasteiger partial charge in [0.05, 0.1) is 43.7 Å². The third-order valence-electron chi connectivity index (χ3n) is 11.3. The predicted molar refractivity (Wildman–Crippen MR) is 263 cm³/mol. The number of nitrogens with zero attached hydrogens (tertiary/aromatic N) is 2. The summed E-state index contributed by atoms with van der Waals surface area (Å²) in [6.45, 7) is 29.1. The lowest BCUT2D eigenvalue weighted by atomic mass is 9.95. The Kier molecular flexibility index (Phi) is 10.5. The van der Waals surface area contributed by atoms with Crippen LogP contribution in [0, 0.1) is 0 Å². The van der Waals surface area contributed by atoms with Crippen molar-refractivity contribution >= 4 is 109 Å². The number of fused-ring (bicyclic) bond motifs is 2. The van der Waals surface area contributed by atoms with E-state index in [1.165, 1.54) is 76.4 Å². The van der Waals surface area contributed by atoms with E-state index >= 15 is 0 Å². The second-order valence-electron chi connectivity index (χ2n) is 19.6. The molecule has 0 amide bonds. The molecule has 6 heteroatoms. The summed E-state index contributed by atoms with van der Waals surface area (Å²) >= 11 is 0. The van der Waals surface area contributed by atoms with Crippen LogP contribution >= 0.6 is 0 Å². The van der Waals surface area contributed by atoms with Crippen LogP contribution in [0.2, 0.25) is 78.6 Å². The monoisotopic (exact) mass is 800 g/mol. The smallest absolute Gasteiger partial charge is 0.0775 e. The van der Waals surface area contributed by atoms with Crippen molar-refractivity contribution in [3.63, 3.8) is 0 Å². The van der Waals surface area contributed by atoms with E-state index in [1.807, 2.05) is 0 Å². The van der Waals surface area contributed by atoms with Gasteiger partial charge in [0, 0.05) is 44.3 Å². The number of hydrogen-bond donors (Lipinski definition) is 0. The summed E-state index contributed by atoms with van der Waals surface area (Å²) < 4.78 is 0. The number of anilines is 6. The van der Waals surface area contributed by atoms with Crippen LogP contribution in [-0.4, -0.2) is 32.3 Å². The second-order valence-corrected chi connectivity index (χ2v) is 40.0. The zero-order chi connectivity index (χ0) is 40.2. The van der Waals surface area contributed by atoms with Crippen molar-refractivity contribution in [1.29, 1.82) is 0 Å². The van der Waals surface area contributed by atoms with Gasteiger partial charge in [-0.25, -0.2) is 0 Å². The van der Waals surface area contributed by atoms with Crippen molar-refractivity contribution in [2.75, 3.05) is 9.80 Å². The van der Waals surface area contributed by atoms with Gasteiger partial charge in [-0.2, -0.15) is 0 Å². The fourth-order valence-corrected chi connectivity index (χ4v) is 12.5. The second kappa shape index (κ2) is 14.8. The van der Waals surface area contributed by atoms with Gasteiger partial charge in [-0.15, -0.1) is 0 Å². The highest BCUT2D eigenvalue weighted by Gasteiger charge is 2.27. The number of hydrogen-bond acceptors (Lipinski definition) is 2. The van der Waals surface area contributed by atoms with Gasteiger partial charge in [0.1, 0.15) is 0 Å². The van der Waals surface area contributed by atoms with Gasteiger partial charge in [-0.1, -0.05) is 196 Å². The van der Waals surface area contributed by atoms with Gasteiger partial charge >= 0.3 is 0 Å². The summed E-state index contributed by atoms with van der Waals surface area (Å²) in [5.74, 6) is 0. The Morgan fingerprint density at radius 2 is 0.429 bits per heavy atom. The predicted octanol–water partition coefficient (Wildman–Crippen LogP) is 13.1. The molecule has 0 unspecified atom stereocenters. The van der Waals surface area contributed by atoms with Gasteiger partial charge in [0.15, 0.2) is 0 Å². The summed E-state index contributed by atoms with van der Waals surface area (Å²) in [6, 6.07) is 56.0. The average molecular weight is 801 g/mol. The molecule has 0 aliphatic rings. The lowest BCUT2D eigenvalue weighted by molar-refractivity contribution is 1.30. The summed E-state index contributed by atoms with van der Waals surface area (Å²) in [5, 5.41) is 10.8. The van der Waals surface area contributed by atoms with Crippen LogP contribution in [0.4, 0.5) is 34.1 Å². The molecule has 0 saturated heterocycles. The lowest BCUT2D eigenvalue weighted by Crippen LogP contribution is -2.37. The Bertz CT molecular complexity index is 2130. The Morgan fingerprint density at radius 1 is 0.250 bits per heavy atom. The topological polar surface area (TPSA) is 6.48 Å². The van der Waals surface area contributed by atoms with Crippen molar-refractivity contribution in [2.24, 2.45) is 0 Å². The fraction of sp³-hybridized carbons (Fsp3) is 0.240. The highest BCUT2D eigenvalue weighted by Crippen LogP contribution is 2.50. The molecule has 0 saturated carbocycles. The minimum absolute atomic E-state index is 1.18. The van der Waals surface area contributed by atoms with Crippen LogP contribution in [0.25, 0.3) is 21.5 Å². The highest BCUT2D eigenvalue weighted by molar-refractivity contribution is 6.90. The van der Waals surface area contributed by atoms with Crippen molar-refractivity contribution in [2.45, 2.75) is 78.6 Å². The van der Waals surface area contributed by atoms with E-state index < -0.39 is 32.3 Å². The van der Waals surface area contributed by atoms with Gasteiger partial charge in [0.25, 0.3) is 0 Å². The molecule has 2 nitrogen and oxygen atoms in total. The highest BCUT2D eigenvalue weighted by atomic mass is 28.3. The lowest BCUT2D eigenvalue weighted by Gasteiger charge is -2.33. The fourth-order valence-electron chi connectivity index (χ4n) is 7.82. The van der Waals surface area contributed by atoms with Gasteiger partial charge in [-0.3, -0.25) is 0 Å². The van der Waals surface area contributed by atoms with Gasteiger partial charge < -0.3 is 9.80 Å². The SMILES string of the molecule is C[Si](C)(C)c1ccc(N(c2ccc([Si](C)(C)C)cc2)c2c3ccccc3c(N(c3ccc([Si](C)(C)C)cc3)c3ccc([Si](C)(C)C)cc3)c3ccccc23)cc1. The number of rotatable bonds is 10. The maximum atomic E-state index is 2.52. The first-order valence-electron chi connectivity index (χ1n) is 20.3. The van der Waals surface area contributed by atoms with Crippen molar-refractivity contribution in [3.05, 3.63) is 146 Å². The summed E-state index contributed by atoms with van der Waals surface area (Å²) in [4.78, 5) is 5.04. The van der Waals surface area contributed by atoms with Gasteiger partial charge in [0.2, 0.25) is 0 Å². The van der Waals surface area contributed by atoms with Crippen molar-refractivity contribution in [1.82, 2.24) is 0 Å². The third kappa shape index (κ3) is 7.90. The van der Waals surface area contributed by atoms with Crippen LogP contribution in [0.15, 0.2) is 146 Å². The minimum atomic E-state index is -1.49. The molecule has 0 atom stereocenters. The van der Waals surface area contributed by atoms with E-state index in [1.54, 1.807) is 0 Å². The van der Waals surface area contributed by atoms with Crippen molar-refractivity contribution in [3.8, 4) is 0 Å². The molecule has 0 heterocycles. The Balaban J connectivity index is 1.55. The molecule has 56 heavy (non-hydrogen) atoms. The van der Waals surface area contributed by atoms with Crippen LogP contribution in [-0.2, 0) is 0 Å². The average Bonchev–Trinajstić information content (AvgIpc) is 3.15. The molecule has 0 radical (unpaired) electrons. The molecule has 7 rings (SSSR count). The largest absolute Gasteiger partial charge is 0.309 e. The number of benzene rings is 7. The quantitative estimate of drug-likeness (QED) is 0.0772. The molecule has 0 bridgehead atoms. The molecule has 0 aliphatic carbocycles. The van der Waals surface area contributed by atoms with Crippen LogP contribution in [0.5, 0.6) is 0 Å². The van der Waals surface area contributed by atoms with Gasteiger partial charge in [-0.05, 0) is 48.5 Å². The standard InChI is InChI=1S/C50H60N2Si4/c1-53(2,3)41-29-21-37(22-30-41)51(38-23-31-42(32-24-38)54(4,5)6)49-45-17-13-15-19-47(45)50(48-20-16-14-18-46(48)49)52(39-25-33-43(34-26-39)55(7,8)9)40-27-35-44(36-28-40)56(10,11)12/h13-36H,1-12H3. The maximum absolute atomic E-state index is 2.52. The zero-order valence-electron chi connectivity index (χ0n) is 35.8. The first-order chi connectivity index (χ1) is 26.3. The van der Waals surface area contributed by atoms with E-state index in [4.69, 9.17) is 0 Å². The van der Waals surface area contributed by atoms with Crippen molar-refractivity contribution < 1.29 is 0 Å². The molecule has 7 aromatic rings. The Labute approximate surface area is 340 Å². The summed E-state index contributed by atoms with van der Waals surface area (Å²) in [5.41, 5.74) is 7.13. The molecule has 0 aromatic heterocycles. The zero-order valence-corrected chi connectivity index (χ0v) is 39.8. The van der Waals surface area contributed by atoms with Crippen LogP contribution in [0.1, 0.15) is 0 Å². The van der Waals surface area contributed by atoms with E-state index in [0.29, 0.717) is 0 Å². The molecular formula is C50H60N2Si4. The first-order valence-corrected chi connectivity index (χ1v) is 34.3. The minimum Gasteiger partial charge on any atom is -0.309 e. The molecule has 286 valence electrons. The Morgan fingerprint density at radius 3 is 0.589 bits per heavy atom. The third-order valence-corrected chi connectivity index (χ3v) is 19.5. The van der Waals surface area contributed by atoms with E-state index in [9.17, 15) is 0 Å².